The van der Waals surface area contributed by atoms with E-state index in [9.17, 15) is 0 Å². The number of anilines is 1. The van der Waals surface area contributed by atoms with E-state index >= 15 is 0 Å². The monoisotopic (exact) mass is 364 g/mol. The van der Waals surface area contributed by atoms with Crippen molar-refractivity contribution < 1.29 is 0 Å². The number of aryl methyl sites for hydroxylation is 3. The van der Waals surface area contributed by atoms with Gasteiger partial charge in [-0.15, -0.1) is 0 Å². The molecule has 0 radical (unpaired) electrons. The Morgan fingerprint density at radius 1 is 0.852 bits per heavy atom. The maximum atomic E-state index is 4.88. The van der Waals surface area contributed by atoms with Crippen molar-refractivity contribution in [2.75, 3.05) is 31.1 Å². The fraction of sp³-hybridized carbons (Fsp3) is 0.565. The molecule has 0 unspecified atom stereocenters. The van der Waals surface area contributed by atoms with E-state index < -0.39 is 0 Å². The third-order valence-corrected chi connectivity index (χ3v) is 6.00. The lowest BCUT2D eigenvalue weighted by molar-refractivity contribution is 0.285. The molecule has 0 N–H and O–H groups in total. The van der Waals surface area contributed by atoms with Gasteiger partial charge in [0.2, 0.25) is 0 Å². The van der Waals surface area contributed by atoms with Crippen LogP contribution in [-0.4, -0.2) is 41.0 Å². The molecule has 0 saturated carbocycles. The summed E-state index contributed by atoms with van der Waals surface area (Å²) in [6.07, 6.45) is 7.13. The van der Waals surface area contributed by atoms with Crippen LogP contribution in [0.25, 0.3) is 0 Å². The largest absolute Gasteiger partial charge is 0.355 e. The molecule has 27 heavy (non-hydrogen) atoms. The molecule has 2 aromatic rings. The van der Waals surface area contributed by atoms with Crippen molar-refractivity contribution in [2.24, 2.45) is 0 Å². The van der Waals surface area contributed by atoms with Gasteiger partial charge >= 0.3 is 0 Å². The summed E-state index contributed by atoms with van der Waals surface area (Å²) in [7, 11) is 0. The summed E-state index contributed by atoms with van der Waals surface area (Å²) in [5.74, 6) is 2.16. The normalized spacial score (nSPS) is 18.2. The molecule has 0 atom stereocenters. The van der Waals surface area contributed by atoms with Crippen molar-refractivity contribution in [2.45, 2.75) is 58.9 Å². The van der Waals surface area contributed by atoms with Crippen LogP contribution in [0, 0.1) is 6.92 Å². The number of hydrogen-bond donors (Lipinski definition) is 0. The third kappa shape index (κ3) is 4.32. The van der Waals surface area contributed by atoms with E-state index in [4.69, 9.17) is 9.97 Å². The van der Waals surface area contributed by atoms with Crippen LogP contribution in [0.5, 0.6) is 0 Å². The van der Waals surface area contributed by atoms with Crippen LogP contribution in [0.2, 0.25) is 0 Å². The fourth-order valence-corrected chi connectivity index (χ4v) is 4.44. The molecular formula is C23H32N4. The van der Waals surface area contributed by atoms with Crippen molar-refractivity contribution in [3.63, 3.8) is 0 Å². The van der Waals surface area contributed by atoms with Crippen molar-refractivity contribution in [3.8, 4) is 0 Å². The average molecular weight is 365 g/mol. The van der Waals surface area contributed by atoms with Gasteiger partial charge in [-0.2, -0.15) is 0 Å². The molecule has 1 aromatic carbocycles. The first kappa shape index (κ1) is 18.4. The highest BCUT2D eigenvalue weighted by molar-refractivity contribution is 5.50. The molecule has 1 aliphatic carbocycles. The highest BCUT2D eigenvalue weighted by atomic mass is 15.3. The Balaban J connectivity index is 1.45. The van der Waals surface area contributed by atoms with E-state index in [1.807, 2.05) is 6.92 Å². The van der Waals surface area contributed by atoms with Gasteiger partial charge in [-0.3, -0.25) is 4.90 Å². The molecule has 1 saturated heterocycles. The number of nitrogens with zero attached hydrogens (tertiary/aromatic N) is 4. The van der Waals surface area contributed by atoms with E-state index in [0.29, 0.717) is 0 Å². The first-order chi connectivity index (χ1) is 13.2. The Kier molecular flexibility index (Phi) is 5.72. The molecule has 1 aromatic heterocycles. The second kappa shape index (κ2) is 8.39. The molecule has 0 bridgehead atoms. The topological polar surface area (TPSA) is 32.3 Å². The zero-order chi connectivity index (χ0) is 18.6. The smallest absolute Gasteiger partial charge is 0.135 e. The van der Waals surface area contributed by atoms with Crippen molar-refractivity contribution in [1.29, 1.82) is 0 Å². The van der Waals surface area contributed by atoms with Gasteiger partial charge in [0, 0.05) is 44.0 Å². The molecule has 4 heteroatoms. The van der Waals surface area contributed by atoms with Crippen LogP contribution in [0.15, 0.2) is 24.3 Å². The molecular weight excluding hydrogens is 332 g/mol. The first-order valence-corrected chi connectivity index (χ1v) is 10.6. The summed E-state index contributed by atoms with van der Waals surface area (Å²) in [5.41, 5.74) is 5.58. The van der Waals surface area contributed by atoms with Crippen molar-refractivity contribution in [1.82, 2.24) is 14.9 Å². The van der Waals surface area contributed by atoms with Gasteiger partial charge in [-0.1, -0.05) is 31.2 Å². The van der Waals surface area contributed by atoms with Crippen LogP contribution in [0.3, 0.4) is 0 Å². The summed E-state index contributed by atoms with van der Waals surface area (Å²) in [4.78, 5) is 14.7. The quantitative estimate of drug-likeness (QED) is 0.823. The van der Waals surface area contributed by atoms with Gasteiger partial charge in [0.1, 0.15) is 11.6 Å². The Labute approximate surface area is 163 Å². The highest BCUT2D eigenvalue weighted by Gasteiger charge is 2.23. The van der Waals surface area contributed by atoms with Crippen LogP contribution < -0.4 is 4.90 Å². The second-order valence-electron chi connectivity index (χ2n) is 8.01. The van der Waals surface area contributed by atoms with Crippen LogP contribution >= 0.6 is 0 Å². The second-order valence-corrected chi connectivity index (χ2v) is 8.01. The van der Waals surface area contributed by atoms with Crippen molar-refractivity contribution >= 4 is 5.82 Å². The molecule has 1 fully saturated rings. The van der Waals surface area contributed by atoms with E-state index in [-0.39, 0.29) is 0 Å². The molecule has 4 rings (SSSR count). The third-order valence-electron chi connectivity index (χ3n) is 6.00. The molecule has 4 nitrogen and oxygen atoms in total. The van der Waals surface area contributed by atoms with E-state index in [0.717, 1.165) is 57.8 Å². The average Bonchev–Trinajstić information content (AvgIpc) is 2.93. The van der Waals surface area contributed by atoms with Crippen LogP contribution in [0.4, 0.5) is 5.82 Å². The first-order valence-electron chi connectivity index (χ1n) is 10.6. The zero-order valence-electron chi connectivity index (χ0n) is 16.9. The number of fused-ring (bicyclic) bond motifs is 1. The zero-order valence-corrected chi connectivity index (χ0v) is 16.9. The summed E-state index contributed by atoms with van der Waals surface area (Å²) in [6.45, 7) is 9.75. The van der Waals surface area contributed by atoms with E-state index in [1.165, 1.54) is 47.5 Å². The van der Waals surface area contributed by atoms with Crippen LogP contribution in [0.1, 0.15) is 54.4 Å². The van der Waals surface area contributed by atoms with Gasteiger partial charge < -0.3 is 4.90 Å². The van der Waals surface area contributed by atoms with Crippen molar-refractivity contribution in [3.05, 3.63) is 52.5 Å². The predicted octanol–water partition coefficient (Wildman–Crippen LogP) is 3.94. The Morgan fingerprint density at radius 2 is 1.63 bits per heavy atom. The van der Waals surface area contributed by atoms with Gasteiger partial charge in [-0.25, -0.2) is 9.97 Å². The van der Waals surface area contributed by atoms with E-state index in [1.54, 1.807) is 0 Å². The minimum Gasteiger partial charge on any atom is -0.355 e. The maximum Gasteiger partial charge on any atom is 0.135 e. The lowest BCUT2D eigenvalue weighted by atomic mass is 9.96. The molecule has 144 valence electrons. The Hall–Kier alpha value is -1.94. The van der Waals surface area contributed by atoms with Gasteiger partial charge in [0.05, 0.1) is 0 Å². The summed E-state index contributed by atoms with van der Waals surface area (Å²) in [5, 5.41) is 0. The number of benzene rings is 1. The number of aromatic nitrogens is 2. The van der Waals surface area contributed by atoms with Gasteiger partial charge in [0.15, 0.2) is 0 Å². The molecule has 2 aliphatic rings. The molecule has 0 spiro atoms. The maximum absolute atomic E-state index is 4.88. The van der Waals surface area contributed by atoms with Crippen LogP contribution in [-0.2, 0) is 25.8 Å². The predicted molar refractivity (Wildman–Crippen MR) is 111 cm³/mol. The summed E-state index contributed by atoms with van der Waals surface area (Å²) in [6, 6.07) is 9.14. The van der Waals surface area contributed by atoms with Gasteiger partial charge in [-0.05, 0) is 56.6 Å². The minimum absolute atomic E-state index is 0.933. The summed E-state index contributed by atoms with van der Waals surface area (Å²) < 4.78 is 0. The Bertz CT molecular complexity index is 769. The molecule has 0 amide bonds. The standard InChI is InChI=1S/C23H32N4/c1-3-19-9-11-20(12-10-19)17-26-13-6-14-27(16-15-26)23-21-7-4-5-8-22(21)24-18(2)25-23/h9-12H,3-8,13-17H2,1-2H3. The summed E-state index contributed by atoms with van der Waals surface area (Å²) >= 11 is 0. The lowest BCUT2D eigenvalue weighted by Gasteiger charge is -2.27. The Morgan fingerprint density at radius 3 is 2.44 bits per heavy atom. The molecule has 2 heterocycles. The SMILES string of the molecule is CCc1ccc(CN2CCCN(c3nc(C)nc4c3CCCC4)CC2)cc1. The highest BCUT2D eigenvalue weighted by Crippen LogP contribution is 2.28. The number of hydrogen-bond acceptors (Lipinski definition) is 4. The van der Waals surface area contributed by atoms with E-state index in [2.05, 4.69) is 41.0 Å². The lowest BCUT2D eigenvalue weighted by Crippen LogP contribution is -2.32. The minimum atomic E-state index is 0.933. The molecule has 1 aliphatic heterocycles. The number of rotatable bonds is 4. The fourth-order valence-electron chi connectivity index (χ4n) is 4.44. The van der Waals surface area contributed by atoms with Gasteiger partial charge in [0.25, 0.3) is 0 Å².